The SMILES string of the molecule is O=c1c2ccccc2ccn1CCO. The molecule has 0 fully saturated rings. The van der Waals surface area contributed by atoms with Crippen LogP contribution in [0.25, 0.3) is 10.8 Å². The molecule has 2 rings (SSSR count). The molecule has 72 valence electrons. The van der Waals surface area contributed by atoms with Crippen LogP contribution in [-0.2, 0) is 6.54 Å². The fraction of sp³-hybridized carbons (Fsp3) is 0.182. The Morgan fingerprint density at radius 1 is 1.21 bits per heavy atom. The second-order valence-corrected chi connectivity index (χ2v) is 3.13. The van der Waals surface area contributed by atoms with Gasteiger partial charge in [-0.3, -0.25) is 4.79 Å². The molecule has 3 nitrogen and oxygen atoms in total. The van der Waals surface area contributed by atoms with Crippen molar-refractivity contribution in [2.24, 2.45) is 0 Å². The van der Waals surface area contributed by atoms with Crippen LogP contribution in [0.15, 0.2) is 41.3 Å². The predicted octanol–water partition coefficient (Wildman–Crippen LogP) is 0.994. The summed E-state index contributed by atoms with van der Waals surface area (Å²) in [4.78, 5) is 11.8. The Bertz CT molecular complexity index is 502. The number of hydrogen-bond donors (Lipinski definition) is 1. The van der Waals surface area contributed by atoms with E-state index in [-0.39, 0.29) is 12.2 Å². The fourth-order valence-corrected chi connectivity index (χ4v) is 1.51. The van der Waals surface area contributed by atoms with Gasteiger partial charge in [-0.15, -0.1) is 0 Å². The maximum absolute atomic E-state index is 11.8. The molecule has 0 saturated carbocycles. The summed E-state index contributed by atoms with van der Waals surface area (Å²) in [5, 5.41) is 10.4. The van der Waals surface area contributed by atoms with E-state index in [2.05, 4.69) is 0 Å². The average molecular weight is 189 g/mol. The summed E-state index contributed by atoms with van der Waals surface area (Å²) in [5.74, 6) is 0. The topological polar surface area (TPSA) is 42.2 Å². The molecule has 14 heavy (non-hydrogen) atoms. The highest BCUT2D eigenvalue weighted by Gasteiger charge is 2.00. The molecule has 0 amide bonds. The van der Waals surface area contributed by atoms with Gasteiger partial charge in [0.05, 0.1) is 6.61 Å². The zero-order valence-electron chi connectivity index (χ0n) is 7.68. The molecule has 0 saturated heterocycles. The summed E-state index contributed by atoms with van der Waals surface area (Å²) in [6, 6.07) is 9.32. The second kappa shape index (κ2) is 3.64. The lowest BCUT2D eigenvalue weighted by Crippen LogP contribution is -2.20. The molecule has 1 aromatic heterocycles. The van der Waals surface area contributed by atoms with Crippen molar-refractivity contribution >= 4 is 10.8 Å². The first-order valence-electron chi connectivity index (χ1n) is 4.52. The Hall–Kier alpha value is -1.61. The van der Waals surface area contributed by atoms with E-state index >= 15 is 0 Å². The normalized spacial score (nSPS) is 10.6. The van der Waals surface area contributed by atoms with Crippen LogP contribution in [0.3, 0.4) is 0 Å². The summed E-state index contributed by atoms with van der Waals surface area (Å²) < 4.78 is 1.52. The average Bonchev–Trinajstić information content (AvgIpc) is 2.23. The molecule has 0 aliphatic rings. The minimum Gasteiger partial charge on any atom is -0.395 e. The molecule has 3 heteroatoms. The summed E-state index contributed by atoms with van der Waals surface area (Å²) in [7, 11) is 0. The lowest BCUT2D eigenvalue weighted by molar-refractivity contribution is 0.274. The Balaban J connectivity index is 2.69. The molecule has 0 spiro atoms. The van der Waals surface area contributed by atoms with E-state index in [1.165, 1.54) is 4.57 Å². The minimum absolute atomic E-state index is 0.0156. The van der Waals surface area contributed by atoms with Crippen molar-refractivity contribution in [2.45, 2.75) is 6.54 Å². The van der Waals surface area contributed by atoms with E-state index in [9.17, 15) is 4.79 Å². The van der Waals surface area contributed by atoms with E-state index in [1.807, 2.05) is 24.3 Å². The lowest BCUT2D eigenvalue weighted by atomic mass is 10.2. The first-order chi connectivity index (χ1) is 6.83. The van der Waals surface area contributed by atoms with Gasteiger partial charge in [-0.25, -0.2) is 0 Å². The van der Waals surface area contributed by atoms with Crippen LogP contribution in [0.5, 0.6) is 0 Å². The Labute approximate surface area is 81.2 Å². The van der Waals surface area contributed by atoms with Gasteiger partial charge in [-0.1, -0.05) is 18.2 Å². The van der Waals surface area contributed by atoms with Gasteiger partial charge >= 0.3 is 0 Å². The zero-order chi connectivity index (χ0) is 9.97. The number of benzene rings is 1. The van der Waals surface area contributed by atoms with Crippen molar-refractivity contribution < 1.29 is 5.11 Å². The Kier molecular flexibility index (Phi) is 2.33. The van der Waals surface area contributed by atoms with Gasteiger partial charge in [0.1, 0.15) is 0 Å². The van der Waals surface area contributed by atoms with Crippen molar-refractivity contribution in [3.63, 3.8) is 0 Å². The molecule has 0 unspecified atom stereocenters. The Morgan fingerprint density at radius 3 is 2.79 bits per heavy atom. The van der Waals surface area contributed by atoms with Gasteiger partial charge in [-0.2, -0.15) is 0 Å². The van der Waals surface area contributed by atoms with E-state index < -0.39 is 0 Å². The quantitative estimate of drug-likeness (QED) is 0.765. The highest BCUT2D eigenvalue weighted by atomic mass is 16.3. The number of aromatic nitrogens is 1. The third-order valence-corrected chi connectivity index (χ3v) is 2.23. The van der Waals surface area contributed by atoms with Gasteiger partial charge in [0, 0.05) is 18.1 Å². The molecule has 0 bridgehead atoms. The summed E-state index contributed by atoms with van der Waals surface area (Å²) in [6.45, 7) is 0.335. The third kappa shape index (κ3) is 1.42. The van der Waals surface area contributed by atoms with Crippen LogP contribution in [0.4, 0.5) is 0 Å². The van der Waals surface area contributed by atoms with Crippen molar-refractivity contribution in [3.8, 4) is 0 Å². The first kappa shape index (κ1) is 8.97. The third-order valence-electron chi connectivity index (χ3n) is 2.23. The number of aliphatic hydroxyl groups excluding tert-OH is 1. The predicted molar refractivity (Wildman–Crippen MR) is 55.3 cm³/mol. The van der Waals surface area contributed by atoms with Crippen LogP contribution < -0.4 is 5.56 Å². The number of rotatable bonds is 2. The maximum atomic E-state index is 11.8. The molecular weight excluding hydrogens is 178 g/mol. The summed E-state index contributed by atoms with van der Waals surface area (Å²) in [5.41, 5.74) is -0.0443. The van der Waals surface area contributed by atoms with Gasteiger partial charge in [0.15, 0.2) is 0 Å². The highest BCUT2D eigenvalue weighted by Crippen LogP contribution is 2.07. The Morgan fingerprint density at radius 2 is 2.00 bits per heavy atom. The molecule has 1 N–H and O–H groups in total. The largest absolute Gasteiger partial charge is 0.395 e. The zero-order valence-corrected chi connectivity index (χ0v) is 7.68. The van der Waals surface area contributed by atoms with Crippen LogP contribution in [0.2, 0.25) is 0 Å². The number of nitrogens with zero attached hydrogens (tertiary/aromatic N) is 1. The van der Waals surface area contributed by atoms with Crippen LogP contribution in [0, 0.1) is 0 Å². The monoisotopic (exact) mass is 189 g/mol. The first-order valence-corrected chi connectivity index (χ1v) is 4.52. The number of aliphatic hydroxyl groups is 1. The van der Waals surface area contributed by atoms with E-state index in [4.69, 9.17) is 5.11 Å². The molecular formula is C11H11NO2. The van der Waals surface area contributed by atoms with Gasteiger partial charge in [-0.05, 0) is 17.5 Å². The van der Waals surface area contributed by atoms with Gasteiger partial charge < -0.3 is 9.67 Å². The summed E-state index contributed by atoms with van der Waals surface area (Å²) >= 11 is 0. The van der Waals surface area contributed by atoms with Crippen molar-refractivity contribution in [2.75, 3.05) is 6.61 Å². The van der Waals surface area contributed by atoms with Crippen molar-refractivity contribution in [1.82, 2.24) is 4.57 Å². The number of hydrogen-bond acceptors (Lipinski definition) is 2. The molecule has 0 aliphatic heterocycles. The smallest absolute Gasteiger partial charge is 0.258 e. The molecule has 2 aromatic rings. The van der Waals surface area contributed by atoms with E-state index in [1.54, 1.807) is 12.3 Å². The van der Waals surface area contributed by atoms with E-state index in [0.717, 1.165) is 5.39 Å². The number of fused-ring (bicyclic) bond motifs is 1. The lowest BCUT2D eigenvalue weighted by Gasteiger charge is -2.04. The molecule has 0 radical (unpaired) electrons. The standard InChI is InChI=1S/C11H11NO2/c13-8-7-12-6-5-9-3-1-2-4-10(9)11(12)14/h1-6,13H,7-8H2. The molecule has 1 heterocycles. The molecule has 0 aliphatic carbocycles. The maximum Gasteiger partial charge on any atom is 0.258 e. The van der Waals surface area contributed by atoms with E-state index in [0.29, 0.717) is 11.9 Å². The van der Waals surface area contributed by atoms with Crippen molar-refractivity contribution in [3.05, 3.63) is 46.9 Å². The number of pyridine rings is 1. The van der Waals surface area contributed by atoms with Gasteiger partial charge in [0.2, 0.25) is 0 Å². The van der Waals surface area contributed by atoms with Crippen molar-refractivity contribution in [1.29, 1.82) is 0 Å². The van der Waals surface area contributed by atoms with Crippen LogP contribution in [0.1, 0.15) is 0 Å². The minimum atomic E-state index is -0.0443. The fourth-order valence-electron chi connectivity index (χ4n) is 1.51. The van der Waals surface area contributed by atoms with Crippen LogP contribution >= 0.6 is 0 Å². The van der Waals surface area contributed by atoms with Crippen LogP contribution in [-0.4, -0.2) is 16.3 Å². The summed E-state index contributed by atoms with van der Waals surface area (Å²) in [6.07, 6.45) is 1.71. The molecule has 0 atom stereocenters. The highest BCUT2D eigenvalue weighted by molar-refractivity contribution is 5.81. The van der Waals surface area contributed by atoms with Gasteiger partial charge in [0.25, 0.3) is 5.56 Å². The second-order valence-electron chi connectivity index (χ2n) is 3.13. The molecule has 1 aromatic carbocycles.